The van der Waals surface area contributed by atoms with Crippen LogP contribution in [0.2, 0.25) is 0 Å². The maximum atomic E-state index is 11.0. The molecule has 0 radical (unpaired) electrons. The second-order valence-corrected chi connectivity index (χ2v) is 4.42. The lowest BCUT2D eigenvalue weighted by Gasteiger charge is -2.23. The number of ether oxygens (including phenoxy) is 3. The van der Waals surface area contributed by atoms with Crippen LogP contribution in [0.5, 0.6) is 17.2 Å². The predicted molar refractivity (Wildman–Crippen MR) is 74.7 cm³/mol. The molecule has 1 atom stereocenters. The molecule has 0 aromatic heterocycles. The minimum absolute atomic E-state index is 0.428. The van der Waals surface area contributed by atoms with E-state index >= 15 is 0 Å². The summed E-state index contributed by atoms with van der Waals surface area (Å²) >= 11 is 0. The van der Waals surface area contributed by atoms with Crippen LogP contribution in [0.3, 0.4) is 0 Å². The Balaban J connectivity index is 3.10. The number of carboxylic acids is 1. The van der Waals surface area contributed by atoms with E-state index in [2.05, 4.69) is 0 Å². The van der Waals surface area contributed by atoms with Crippen molar-refractivity contribution in [1.82, 2.24) is 4.90 Å². The highest BCUT2D eigenvalue weighted by Crippen LogP contribution is 2.40. The van der Waals surface area contributed by atoms with Crippen molar-refractivity contribution in [2.24, 2.45) is 0 Å². The van der Waals surface area contributed by atoms with Crippen molar-refractivity contribution in [3.63, 3.8) is 0 Å². The van der Waals surface area contributed by atoms with Gasteiger partial charge in [0, 0.05) is 12.1 Å². The number of aliphatic carboxylic acids is 1. The molecule has 1 N–H and O–H groups in total. The lowest BCUT2D eigenvalue weighted by molar-refractivity contribution is -0.142. The molecule has 112 valence electrons. The number of likely N-dealkylation sites (N-methyl/N-ethyl adjacent to an activating group) is 1. The Kier molecular flexibility index (Phi) is 5.64. The fourth-order valence-electron chi connectivity index (χ4n) is 1.88. The van der Waals surface area contributed by atoms with Crippen LogP contribution in [0, 0.1) is 0 Å². The second-order valence-electron chi connectivity index (χ2n) is 4.42. The van der Waals surface area contributed by atoms with Gasteiger partial charge in [-0.1, -0.05) is 6.07 Å². The van der Waals surface area contributed by atoms with Crippen molar-refractivity contribution >= 4 is 5.97 Å². The van der Waals surface area contributed by atoms with Crippen LogP contribution in [0.1, 0.15) is 12.5 Å². The molecule has 1 aromatic rings. The van der Waals surface area contributed by atoms with Crippen LogP contribution in [-0.2, 0) is 11.3 Å². The van der Waals surface area contributed by atoms with E-state index < -0.39 is 12.0 Å². The average Bonchev–Trinajstić information content (AvgIpc) is 2.45. The van der Waals surface area contributed by atoms with E-state index in [1.807, 2.05) is 6.07 Å². The number of rotatable bonds is 7. The highest BCUT2D eigenvalue weighted by molar-refractivity contribution is 5.72. The number of hydrogen-bond donors (Lipinski definition) is 1. The fraction of sp³-hybridized carbons (Fsp3) is 0.500. The van der Waals surface area contributed by atoms with Gasteiger partial charge >= 0.3 is 5.97 Å². The van der Waals surface area contributed by atoms with Gasteiger partial charge in [-0.3, -0.25) is 9.69 Å². The summed E-state index contributed by atoms with van der Waals surface area (Å²) < 4.78 is 15.9. The van der Waals surface area contributed by atoms with Crippen LogP contribution in [0.25, 0.3) is 0 Å². The third-order valence-corrected chi connectivity index (χ3v) is 3.22. The molecule has 0 saturated heterocycles. The summed E-state index contributed by atoms with van der Waals surface area (Å²) in [5, 5.41) is 9.02. The summed E-state index contributed by atoms with van der Waals surface area (Å²) in [4.78, 5) is 12.7. The van der Waals surface area contributed by atoms with Gasteiger partial charge in [0.25, 0.3) is 0 Å². The predicted octanol–water partition coefficient (Wildman–Crippen LogP) is 1.62. The number of hydrogen-bond acceptors (Lipinski definition) is 5. The summed E-state index contributed by atoms with van der Waals surface area (Å²) in [5.41, 5.74) is 0.834. The Morgan fingerprint density at radius 3 is 2.25 bits per heavy atom. The van der Waals surface area contributed by atoms with Gasteiger partial charge in [-0.15, -0.1) is 0 Å². The van der Waals surface area contributed by atoms with E-state index in [9.17, 15) is 4.79 Å². The molecule has 0 aliphatic carbocycles. The molecular weight excluding hydrogens is 262 g/mol. The molecule has 0 heterocycles. The molecule has 1 aromatic carbocycles. The first-order valence-corrected chi connectivity index (χ1v) is 6.17. The Hall–Kier alpha value is -1.95. The molecule has 0 aliphatic heterocycles. The smallest absolute Gasteiger partial charge is 0.320 e. The Morgan fingerprint density at radius 2 is 1.80 bits per heavy atom. The molecule has 0 fully saturated rings. The third-order valence-electron chi connectivity index (χ3n) is 3.22. The lowest BCUT2D eigenvalue weighted by Crippen LogP contribution is -2.35. The minimum Gasteiger partial charge on any atom is -0.493 e. The van der Waals surface area contributed by atoms with Crippen LogP contribution in [0.15, 0.2) is 12.1 Å². The van der Waals surface area contributed by atoms with E-state index in [1.165, 1.54) is 7.11 Å². The quantitative estimate of drug-likeness (QED) is 0.820. The molecular formula is C14H21NO5. The minimum atomic E-state index is -0.869. The zero-order valence-electron chi connectivity index (χ0n) is 12.5. The summed E-state index contributed by atoms with van der Waals surface area (Å²) in [6.07, 6.45) is 0. The molecule has 0 aliphatic rings. The van der Waals surface area contributed by atoms with Crippen molar-refractivity contribution < 1.29 is 24.1 Å². The van der Waals surface area contributed by atoms with Crippen molar-refractivity contribution in [3.8, 4) is 17.2 Å². The second kappa shape index (κ2) is 7.00. The zero-order chi connectivity index (χ0) is 15.3. The summed E-state index contributed by atoms with van der Waals surface area (Å²) in [6.45, 7) is 2.06. The molecule has 0 bridgehead atoms. The van der Waals surface area contributed by atoms with Crippen LogP contribution >= 0.6 is 0 Å². The number of methoxy groups -OCH3 is 3. The maximum absolute atomic E-state index is 11.0. The van der Waals surface area contributed by atoms with Gasteiger partial charge in [-0.2, -0.15) is 0 Å². The normalized spacial score (nSPS) is 12.1. The Labute approximate surface area is 118 Å². The Morgan fingerprint density at radius 1 is 1.20 bits per heavy atom. The van der Waals surface area contributed by atoms with Gasteiger partial charge in [0.05, 0.1) is 21.3 Å². The molecule has 0 saturated carbocycles. The van der Waals surface area contributed by atoms with E-state index in [-0.39, 0.29) is 0 Å². The fourth-order valence-corrected chi connectivity index (χ4v) is 1.88. The molecule has 1 rings (SSSR count). The molecule has 6 heteroatoms. The number of carboxylic acid groups (broad SMARTS) is 1. The van der Waals surface area contributed by atoms with Gasteiger partial charge in [0.1, 0.15) is 6.04 Å². The molecule has 0 amide bonds. The topological polar surface area (TPSA) is 68.2 Å². The van der Waals surface area contributed by atoms with Gasteiger partial charge in [0.2, 0.25) is 5.75 Å². The van der Waals surface area contributed by atoms with Gasteiger partial charge in [-0.05, 0) is 20.0 Å². The molecule has 6 nitrogen and oxygen atoms in total. The summed E-state index contributed by atoms with van der Waals surface area (Å²) in [6, 6.07) is 3.02. The van der Waals surface area contributed by atoms with Gasteiger partial charge in [0.15, 0.2) is 11.5 Å². The third kappa shape index (κ3) is 3.33. The highest BCUT2D eigenvalue weighted by atomic mass is 16.5. The first-order chi connectivity index (χ1) is 9.46. The molecule has 20 heavy (non-hydrogen) atoms. The van der Waals surface area contributed by atoms with E-state index in [1.54, 1.807) is 39.2 Å². The summed E-state index contributed by atoms with van der Waals surface area (Å²) in [5.74, 6) is 0.758. The van der Waals surface area contributed by atoms with Crippen LogP contribution < -0.4 is 14.2 Å². The summed E-state index contributed by atoms with van der Waals surface area (Å²) in [7, 11) is 6.37. The lowest BCUT2D eigenvalue weighted by atomic mass is 10.1. The first kappa shape index (κ1) is 16.1. The number of benzene rings is 1. The SMILES string of the molecule is COc1ccc(CN(C)C(C)C(=O)O)c(OC)c1OC. The zero-order valence-corrected chi connectivity index (χ0v) is 12.5. The Bertz CT molecular complexity index is 475. The van der Waals surface area contributed by atoms with Crippen LogP contribution in [-0.4, -0.2) is 50.4 Å². The van der Waals surface area contributed by atoms with Gasteiger partial charge < -0.3 is 19.3 Å². The molecule has 0 spiro atoms. The largest absolute Gasteiger partial charge is 0.493 e. The van der Waals surface area contributed by atoms with Crippen molar-refractivity contribution in [1.29, 1.82) is 0 Å². The van der Waals surface area contributed by atoms with Crippen LogP contribution in [0.4, 0.5) is 0 Å². The van der Waals surface area contributed by atoms with Crippen molar-refractivity contribution in [2.75, 3.05) is 28.4 Å². The number of carbonyl (C=O) groups is 1. The number of nitrogens with zero attached hydrogens (tertiary/aromatic N) is 1. The van der Waals surface area contributed by atoms with E-state index in [4.69, 9.17) is 19.3 Å². The molecule has 1 unspecified atom stereocenters. The monoisotopic (exact) mass is 283 g/mol. The highest BCUT2D eigenvalue weighted by Gasteiger charge is 2.21. The van der Waals surface area contributed by atoms with Crippen molar-refractivity contribution in [3.05, 3.63) is 17.7 Å². The standard InChI is InChI=1S/C14H21NO5/c1-9(14(16)17)15(2)8-10-6-7-11(18-3)13(20-5)12(10)19-4/h6-7,9H,8H2,1-5H3,(H,16,17). The van der Waals surface area contributed by atoms with E-state index in [0.29, 0.717) is 23.8 Å². The first-order valence-electron chi connectivity index (χ1n) is 6.17. The van der Waals surface area contributed by atoms with Gasteiger partial charge in [-0.25, -0.2) is 0 Å². The maximum Gasteiger partial charge on any atom is 0.320 e. The average molecular weight is 283 g/mol. The van der Waals surface area contributed by atoms with Crippen molar-refractivity contribution in [2.45, 2.75) is 19.5 Å². The van der Waals surface area contributed by atoms with E-state index in [0.717, 1.165) is 5.56 Å².